The molecule has 1 aliphatic rings. The van der Waals surface area contributed by atoms with E-state index in [1.807, 2.05) is 0 Å². The third-order valence-corrected chi connectivity index (χ3v) is 5.37. The molecule has 0 amide bonds. The molecule has 7 heteroatoms. The van der Waals surface area contributed by atoms with Gasteiger partial charge in [0, 0.05) is 36.6 Å². The molecule has 0 fully saturated rings. The van der Waals surface area contributed by atoms with E-state index in [1.54, 1.807) is 24.7 Å². The maximum Gasteiger partial charge on any atom is 0.258 e. The van der Waals surface area contributed by atoms with Crippen LogP contribution in [-0.2, 0) is 19.6 Å². The molecular weight excluding hydrogens is 374 g/mol. The van der Waals surface area contributed by atoms with E-state index in [4.69, 9.17) is 22.1 Å². The van der Waals surface area contributed by atoms with Crippen LogP contribution in [0.2, 0.25) is 5.02 Å². The Morgan fingerprint density at radius 3 is 2.96 bits per heavy atom. The van der Waals surface area contributed by atoms with Crippen LogP contribution in [0.4, 0.5) is 5.82 Å². The molecule has 0 bridgehead atoms. The quantitative estimate of drug-likeness (QED) is 0.726. The number of fused-ring (bicyclic) bond motifs is 1. The molecule has 0 saturated heterocycles. The number of ether oxygens (including phenoxy) is 1. The number of aryl methyl sites for hydroxylation is 1. The van der Waals surface area contributed by atoms with Crippen LogP contribution in [0, 0.1) is 6.92 Å². The average molecular weight is 396 g/mol. The van der Waals surface area contributed by atoms with E-state index in [0.29, 0.717) is 10.9 Å². The number of nitrogen functional groups attached to an aromatic ring is 1. The number of hydrogen-bond acceptors (Lipinski definition) is 6. The van der Waals surface area contributed by atoms with Crippen LogP contribution in [0.5, 0.6) is 5.88 Å². The molecule has 2 aromatic heterocycles. The van der Waals surface area contributed by atoms with Crippen molar-refractivity contribution in [2.75, 3.05) is 19.3 Å². The monoisotopic (exact) mass is 395 g/mol. The maximum absolute atomic E-state index is 6.14. The first-order chi connectivity index (χ1) is 13.5. The fourth-order valence-corrected chi connectivity index (χ4v) is 3.68. The summed E-state index contributed by atoms with van der Waals surface area (Å²) in [6.07, 6.45) is 6.02. The van der Waals surface area contributed by atoms with Crippen molar-refractivity contribution in [1.29, 1.82) is 0 Å². The standard InChI is InChI=1S/C21H22ClN5O/c1-13-7-15(8-16-11-27(2)6-4-17(13)16)19-10-25-20(23)21(26-19)28-12-14-3-5-24-9-18(14)22/h3,5,7-10H,4,6,11-12H2,1-2H3,(H2,23,25). The molecule has 2 N–H and O–H groups in total. The van der Waals surface area contributed by atoms with Gasteiger partial charge in [0.1, 0.15) is 6.61 Å². The molecule has 4 rings (SSSR count). The largest absolute Gasteiger partial charge is 0.470 e. The van der Waals surface area contributed by atoms with Crippen molar-refractivity contribution >= 4 is 17.4 Å². The van der Waals surface area contributed by atoms with Crippen molar-refractivity contribution in [1.82, 2.24) is 19.9 Å². The molecule has 0 atom stereocenters. The maximum atomic E-state index is 6.14. The first-order valence-electron chi connectivity index (χ1n) is 9.16. The number of aromatic nitrogens is 3. The molecule has 1 aliphatic heterocycles. The summed E-state index contributed by atoms with van der Waals surface area (Å²) in [5.74, 6) is 0.557. The second kappa shape index (κ2) is 7.73. The van der Waals surface area contributed by atoms with Gasteiger partial charge in [-0.3, -0.25) is 4.98 Å². The molecule has 0 aliphatic carbocycles. The summed E-state index contributed by atoms with van der Waals surface area (Å²) in [5, 5.41) is 0.541. The van der Waals surface area contributed by atoms with Gasteiger partial charge in [-0.2, -0.15) is 0 Å². The van der Waals surface area contributed by atoms with Crippen LogP contribution in [-0.4, -0.2) is 33.4 Å². The Morgan fingerprint density at radius 2 is 2.14 bits per heavy atom. The number of hydrogen-bond donors (Lipinski definition) is 1. The van der Waals surface area contributed by atoms with Gasteiger partial charge < -0.3 is 15.4 Å². The van der Waals surface area contributed by atoms with Crippen molar-refractivity contribution < 1.29 is 4.74 Å². The smallest absolute Gasteiger partial charge is 0.258 e. The summed E-state index contributed by atoms with van der Waals surface area (Å²) < 4.78 is 5.81. The molecule has 1 aromatic carbocycles. The molecular formula is C21H22ClN5O. The summed E-state index contributed by atoms with van der Waals surface area (Å²) in [4.78, 5) is 15.2. The van der Waals surface area contributed by atoms with Crippen molar-refractivity contribution in [3.8, 4) is 17.1 Å². The zero-order chi connectivity index (χ0) is 19.7. The molecule has 28 heavy (non-hydrogen) atoms. The number of halogens is 1. The Morgan fingerprint density at radius 1 is 1.29 bits per heavy atom. The summed E-state index contributed by atoms with van der Waals surface area (Å²) in [7, 11) is 2.14. The highest BCUT2D eigenvalue weighted by atomic mass is 35.5. The van der Waals surface area contributed by atoms with E-state index in [9.17, 15) is 0 Å². The van der Waals surface area contributed by atoms with Gasteiger partial charge in [-0.1, -0.05) is 11.6 Å². The zero-order valence-corrected chi connectivity index (χ0v) is 16.7. The molecule has 144 valence electrons. The highest BCUT2D eigenvalue weighted by molar-refractivity contribution is 6.31. The molecule has 0 radical (unpaired) electrons. The van der Waals surface area contributed by atoms with Crippen LogP contribution < -0.4 is 10.5 Å². The minimum absolute atomic E-state index is 0.248. The molecule has 0 saturated carbocycles. The lowest BCUT2D eigenvalue weighted by Crippen LogP contribution is -2.27. The molecule has 6 nitrogen and oxygen atoms in total. The first-order valence-corrected chi connectivity index (χ1v) is 9.54. The number of benzene rings is 1. The van der Waals surface area contributed by atoms with Crippen molar-refractivity contribution in [2.45, 2.75) is 26.5 Å². The third kappa shape index (κ3) is 3.79. The minimum Gasteiger partial charge on any atom is -0.470 e. The predicted octanol–water partition coefficient (Wildman–Crippen LogP) is 3.65. The fraction of sp³-hybridized carbons (Fsp3) is 0.286. The lowest BCUT2D eigenvalue weighted by atomic mass is 9.92. The Balaban J connectivity index is 1.63. The van der Waals surface area contributed by atoms with Gasteiger partial charge in [0.15, 0.2) is 5.82 Å². The summed E-state index contributed by atoms with van der Waals surface area (Å²) in [5.41, 5.74) is 12.6. The van der Waals surface area contributed by atoms with Gasteiger partial charge in [-0.15, -0.1) is 0 Å². The summed E-state index contributed by atoms with van der Waals surface area (Å²) in [6.45, 7) is 4.43. The van der Waals surface area contributed by atoms with Crippen molar-refractivity contribution in [3.63, 3.8) is 0 Å². The van der Waals surface area contributed by atoms with Crippen molar-refractivity contribution in [3.05, 3.63) is 64.1 Å². The minimum atomic E-state index is 0.248. The molecule has 3 aromatic rings. The predicted molar refractivity (Wildman–Crippen MR) is 110 cm³/mol. The Labute approximate surface area is 169 Å². The van der Waals surface area contributed by atoms with E-state index >= 15 is 0 Å². The van der Waals surface area contributed by atoms with Crippen LogP contribution >= 0.6 is 11.6 Å². The number of anilines is 1. The second-order valence-electron chi connectivity index (χ2n) is 7.12. The number of likely N-dealkylation sites (N-methyl/N-ethyl adjacent to an activating group) is 1. The number of pyridine rings is 1. The summed E-state index contributed by atoms with van der Waals surface area (Å²) in [6, 6.07) is 6.16. The first kappa shape index (κ1) is 18.7. The van der Waals surface area contributed by atoms with Crippen LogP contribution in [0.15, 0.2) is 36.8 Å². The number of rotatable bonds is 4. The lowest BCUT2D eigenvalue weighted by Gasteiger charge is -2.27. The molecule has 0 unspecified atom stereocenters. The average Bonchev–Trinajstić information content (AvgIpc) is 2.68. The van der Waals surface area contributed by atoms with Gasteiger partial charge in [0.05, 0.1) is 16.9 Å². The highest BCUT2D eigenvalue weighted by Gasteiger charge is 2.17. The third-order valence-electron chi connectivity index (χ3n) is 5.03. The van der Waals surface area contributed by atoms with Crippen molar-refractivity contribution in [2.24, 2.45) is 0 Å². The van der Waals surface area contributed by atoms with E-state index in [1.165, 1.54) is 16.7 Å². The van der Waals surface area contributed by atoms with E-state index in [0.717, 1.165) is 36.3 Å². The van der Waals surface area contributed by atoms with Crippen LogP contribution in [0.3, 0.4) is 0 Å². The van der Waals surface area contributed by atoms with Gasteiger partial charge in [0.25, 0.3) is 5.88 Å². The Hall–Kier alpha value is -2.70. The lowest BCUT2D eigenvalue weighted by molar-refractivity contribution is 0.295. The van der Waals surface area contributed by atoms with Gasteiger partial charge in [0.2, 0.25) is 0 Å². The Kier molecular flexibility index (Phi) is 5.15. The summed E-state index contributed by atoms with van der Waals surface area (Å²) >= 11 is 6.14. The van der Waals surface area contributed by atoms with Gasteiger partial charge in [-0.05, 0) is 55.3 Å². The fourth-order valence-electron chi connectivity index (χ4n) is 3.50. The Bertz CT molecular complexity index is 1020. The topological polar surface area (TPSA) is 77.2 Å². The highest BCUT2D eigenvalue weighted by Crippen LogP contribution is 2.30. The second-order valence-corrected chi connectivity index (χ2v) is 7.53. The SMILES string of the molecule is Cc1cc(-c2cnc(N)c(OCc3ccncc3Cl)n2)cc2c1CCN(C)C2. The zero-order valence-electron chi connectivity index (χ0n) is 15.9. The van der Waals surface area contributed by atoms with E-state index in [-0.39, 0.29) is 12.4 Å². The normalized spacial score (nSPS) is 14.0. The van der Waals surface area contributed by atoms with Gasteiger partial charge in [-0.25, -0.2) is 9.97 Å². The number of nitrogens with zero attached hydrogens (tertiary/aromatic N) is 4. The van der Waals surface area contributed by atoms with Crippen LogP contribution in [0.1, 0.15) is 22.3 Å². The van der Waals surface area contributed by atoms with E-state index < -0.39 is 0 Å². The molecule has 3 heterocycles. The van der Waals surface area contributed by atoms with Gasteiger partial charge >= 0.3 is 0 Å². The van der Waals surface area contributed by atoms with Crippen LogP contribution in [0.25, 0.3) is 11.3 Å². The number of nitrogens with two attached hydrogens (primary N) is 1. The molecule has 0 spiro atoms. The van der Waals surface area contributed by atoms with E-state index in [2.05, 4.69) is 46.0 Å².